The Labute approximate surface area is 134 Å². The number of rotatable bonds is 7. The number of carbonyl (C=O) groups is 3. The quantitative estimate of drug-likeness (QED) is 0.624. The number of nitrogens with zero attached hydrogens (tertiary/aromatic N) is 1. The van der Waals surface area contributed by atoms with Gasteiger partial charge in [-0.05, 0) is 5.56 Å². The first kappa shape index (κ1) is 16.5. The zero-order valence-corrected chi connectivity index (χ0v) is 12.6. The molecule has 2 rings (SSSR count). The highest BCUT2D eigenvalue weighted by molar-refractivity contribution is 6.32. The monoisotopic (exact) mass is 317 g/mol. The molecule has 0 aromatic heterocycles. The molecule has 0 fully saturated rings. The van der Waals surface area contributed by atoms with Crippen LogP contribution < -0.4 is 10.6 Å². The highest BCUT2D eigenvalue weighted by Crippen LogP contribution is 2.17. The van der Waals surface area contributed by atoms with E-state index in [1.54, 1.807) is 36.7 Å². The molecule has 1 amide bonds. The Morgan fingerprint density at radius 1 is 1.26 bits per heavy atom. The number of hydrogen-bond donors (Lipinski definition) is 3. The molecule has 1 aromatic rings. The lowest BCUT2D eigenvalue weighted by Gasteiger charge is -2.25. The fourth-order valence-corrected chi connectivity index (χ4v) is 2.29. The second-order valence-corrected chi connectivity index (χ2v) is 5.20. The molecule has 122 valence electrons. The fourth-order valence-electron chi connectivity index (χ4n) is 2.29. The van der Waals surface area contributed by atoms with Crippen LogP contribution in [-0.4, -0.2) is 47.3 Å². The van der Waals surface area contributed by atoms with Crippen molar-refractivity contribution in [3.63, 3.8) is 0 Å². The van der Waals surface area contributed by atoms with Crippen LogP contribution in [-0.2, 0) is 14.4 Å². The third-order valence-corrected chi connectivity index (χ3v) is 3.46. The molecule has 1 unspecified atom stereocenters. The van der Waals surface area contributed by atoms with Crippen LogP contribution in [0.25, 0.3) is 0 Å². The second kappa shape index (κ2) is 7.98. The van der Waals surface area contributed by atoms with Crippen molar-refractivity contribution in [2.75, 3.05) is 19.6 Å². The molecule has 0 bridgehead atoms. The summed E-state index contributed by atoms with van der Waals surface area (Å²) in [6.45, 7) is 1.61. The summed E-state index contributed by atoms with van der Waals surface area (Å²) in [4.78, 5) is 36.3. The van der Waals surface area contributed by atoms with Crippen LogP contribution >= 0.6 is 0 Å². The lowest BCUT2D eigenvalue weighted by molar-refractivity contribution is -0.149. The van der Waals surface area contributed by atoms with E-state index in [0.29, 0.717) is 12.1 Å². The van der Waals surface area contributed by atoms with Gasteiger partial charge in [0.1, 0.15) is 0 Å². The third-order valence-electron chi connectivity index (χ3n) is 3.46. The first-order valence-corrected chi connectivity index (χ1v) is 7.31. The number of nitrogens with one attached hydrogen (secondary N) is 2. The van der Waals surface area contributed by atoms with Crippen molar-refractivity contribution >= 4 is 17.7 Å². The van der Waals surface area contributed by atoms with E-state index in [1.807, 2.05) is 11.0 Å². The highest BCUT2D eigenvalue weighted by Gasteiger charge is 2.22. The second-order valence-electron chi connectivity index (χ2n) is 5.20. The Morgan fingerprint density at radius 3 is 2.61 bits per heavy atom. The molecular formula is C16H19N3O4. The molecular weight excluding hydrogens is 298 g/mol. The number of hydrogen-bond acceptors (Lipinski definition) is 5. The average Bonchev–Trinajstić information content (AvgIpc) is 2.55. The normalized spacial score (nSPS) is 14.7. The van der Waals surface area contributed by atoms with Gasteiger partial charge in [0.2, 0.25) is 11.7 Å². The lowest BCUT2D eigenvalue weighted by atomic mass is 10.0. The smallest absolute Gasteiger partial charge is 0.372 e. The molecule has 0 aliphatic carbocycles. The van der Waals surface area contributed by atoms with Gasteiger partial charge >= 0.3 is 5.97 Å². The fraction of sp³-hybridized carbons (Fsp3) is 0.312. The topological polar surface area (TPSA) is 98.7 Å². The number of amides is 1. The minimum atomic E-state index is -1.50. The van der Waals surface area contributed by atoms with Crippen LogP contribution in [0, 0.1) is 0 Å². The molecule has 0 radical (unpaired) electrons. The van der Waals surface area contributed by atoms with Gasteiger partial charge in [0.15, 0.2) is 0 Å². The van der Waals surface area contributed by atoms with Crippen LogP contribution in [0.3, 0.4) is 0 Å². The Balaban J connectivity index is 2.03. The van der Waals surface area contributed by atoms with Crippen molar-refractivity contribution in [3.8, 4) is 0 Å². The van der Waals surface area contributed by atoms with Crippen LogP contribution in [0.5, 0.6) is 0 Å². The summed E-state index contributed by atoms with van der Waals surface area (Å²) in [6, 6.07) is 8.22. The van der Waals surface area contributed by atoms with Gasteiger partial charge in [0.05, 0.1) is 12.6 Å². The van der Waals surface area contributed by atoms with E-state index in [1.165, 1.54) is 0 Å². The summed E-state index contributed by atoms with van der Waals surface area (Å²) < 4.78 is 0. The minimum absolute atomic E-state index is 0.156. The summed E-state index contributed by atoms with van der Waals surface area (Å²) in [5.74, 6) is -2.69. The molecule has 0 saturated carbocycles. The van der Waals surface area contributed by atoms with E-state index >= 15 is 0 Å². The Bertz CT molecular complexity index is 601. The van der Waals surface area contributed by atoms with E-state index in [9.17, 15) is 14.4 Å². The molecule has 0 spiro atoms. The molecule has 1 heterocycles. The van der Waals surface area contributed by atoms with Crippen LogP contribution in [0.2, 0.25) is 0 Å². The van der Waals surface area contributed by atoms with Crippen LogP contribution in [0.15, 0.2) is 42.7 Å². The van der Waals surface area contributed by atoms with E-state index in [-0.39, 0.29) is 18.9 Å². The van der Waals surface area contributed by atoms with E-state index in [4.69, 9.17) is 5.11 Å². The number of carboxylic acid groups (broad SMARTS) is 1. The molecule has 1 aromatic carbocycles. The lowest BCUT2D eigenvalue weighted by Crippen LogP contribution is -2.41. The predicted molar refractivity (Wildman–Crippen MR) is 83.3 cm³/mol. The summed E-state index contributed by atoms with van der Waals surface area (Å²) >= 11 is 0. The Morgan fingerprint density at radius 2 is 2.00 bits per heavy atom. The number of carboxylic acids is 1. The van der Waals surface area contributed by atoms with Gasteiger partial charge in [-0.2, -0.15) is 0 Å². The van der Waals surface area contributed by atoms with Crippen molar-refractivity contribution in [2.24, 2.45) is 0 Å². The number of ketones is 1. The molecule has 1 aliphatic heterocycles. The molecule has 3 N–H and O–H groups in total. The molecule has 23 heavy (non-hydrogen) atoms. The predicted octanol–water partition coefficient (Wildman–Crippen LogP) is 0.264. The SMILES string of the molecule is O=C(CN1C=CNCC1)NC(CC(=O)C(=O)O)c1ccccc1. The highest BCUT2D eigenvalue weighted by atomic mass is 16.4. The average molecular weight is 317 g/mol. The maximum atomic E-state index is 12.2. The van der Waals surface area contributed by atoms with Gasteiger partial charge in [0.25, 0.3) is 0 Å². The maximum Gasteiger partial charge on any atom is 0.372 e. The minimum Gasteiger partial charge on any atom is -0.475 e. The van der Waals surface area contributed by atoms with E-state index in [0.717, 1.165) is 6.54 Å². The maximum absolute atomic E-state index is 12.2. The summed E-state index contributed by atoms with van der Waals surface area (Å²) in [5.41, 5.74) is 0.700. The first-order chi connectivity index (χ1) is 11.1. The summed E-state index contributed by atoms with van der Waals surface area (Å²) in [7, 11) is 0. The van der Waals surface area contributed by atoms with E-state index < -0.39 is 17.8 Å². The van der Waals surface area contributed by atoms with Gasteiger partial charge < -0.3 is 20.6 Å². The molecule has 0 saturated heterocycles. The van der Waals surface area contributed by atoms with Gasteiger partial charge in [-0.15, -0.1) is 0 Å². The van der Waals surface area contributed by atoms with Crippen molar-refractivity contribution in [1.82, 2.24) is 15.5 Å². The number of carbonyl (C=O) groups excluding carboxylic acids is 2. The number of aliphatic carboxylic acids is 1. The number of Topliss-reactive ketones (excluding diaryl/α,β-unsaturated/α-hetero) is 1. The zero-order chi connectivity index (χ0) is 16.7. The number of benzene rings is 1. The Hall–Kier alpha value is -2.83. The van der Waals surface area contributed by atoms with E-state index in [2.05, 4.69) is 10.6 Å². The molecule has 7 heteroatoms. The standard InChI is InChI=1S/C16H19N3O4/c20-14(16(22)23)10-13(12-4-2-1-3-5-12)18-15(21)11-19-8-6-17-7-9-19/h1-6,8,13,17H,7,9-11H2,(H,18,21)(H,22,23). The third kappa shape index (κ3) is 5.14. The van der Waals surface area contributed by atoms with Gasteiger partial charge in [-0.25, -0.2) is 4.79 Å². The van der Waals surface area contributed by atoms with Gasteiger partial charge in [-0.3, -0.25) is 9.59 Å². The van der Waals surface area contributed by atoms with Crippen LogP contribution in [0.1, 0.15) is 18.0 Å². The Kier molecular flexibility index (Phi) is 5.74. The van der Waals surface area contributed by atoms with Gasteiger partial charge in [-0.1, -0.05) is 30.3 Å². The molecule has 7 nitrogen and oxygen atoms in total. The van der Waals surface area contributed by atoms with Crippen molar-refractivity contribution in [1.29, 1.82) is 0 Å². The first-order valence-electron chi connectivity index (χ1n) is 7.31. The van der Waals surface area contributed by atoms with Gasteiger partial charge in [0, 0.05) is 31.9 Å². The van der Waals surface area contributed by atoms with Crippen molar-refractivity contribution in [3.05, 3.63) is 48.3 Å². The summed E-state index contributed by atoms with van der Waals surface area (Å²) in [6.07, 6.45) is 3.27. The molecule has 1 aliphatic rings. The van der Waals surface area contributed by atoms with Crippen molar-refractivity contribution in [2.45, 2.75) is 12.5 Å². The van der Waals surface area contributed by atoms with Crippen LogP contribution in [0.4, 0.5) is 0 Å². The molecule has 1 atom stereocenters. The van der Waals surface area contributed by atoms with Crippen molar-refractivity contribution < 1.29 is 19.5 Å². The summed E-state index contributed by atoms with van der Waals surface area (Å²) in [5, 5.41) is 14.6. The zero-order valence-electron chi connectivity index (χ0n) is 12.6. The largest absolute Gasteiger partial charge is 0.475 e.